The van der Waals surface area contributed by atoms with Gasteiger partial charge in [-0.3, -0.25) is 0 Å². The van der Waals surface area contributed by atoms with Gasteiger partial charge in [-0.15, -0.1) is 0 Å². The van der Waals surface area contributed by atoms with Crippen molar-refractivity contribution in [2.24, 2.45) is 0 Å². The number of pyridine rings is 1. The summed E-state index contributed by atoms with van der Waals surface area (Å²) in [6.45, 7) is 12.0. The Bertz CT molecular complexity index is 425. The van der Waals surface area contributed by atoms with Crippen molar-refractivity contribution in [3.63, 3.8) is 0 Å². The molecule has 0 bridgehead atoms. The highest BCUT2D eigenvalue weighted by Crippen LogP contribution is 2.15. The lowest BCUT2D eigenvalue weighted by Crippen LogP contribution is -2.35. The SMILES string of the molecule is CN1CCCN(c2cc(CNC(C)(C)C)ccn2)CC1. The van der Waals surface area contributed by atoms with E-state index in [1.54, 1.807) is 0 Å². The largest absolute Gasteiger partial charge is 0.355 e. The van der Waals surface area contributed by atoms with Crippen LogP contribution in [0.15, 0.2) is 18.3 Å². The van der Waals surface area contributed by atoms with Crippen molar-refractivity contribution in [2.75, 3.05) is 38.1 Å². The molecule has 1 N–H and O–H groups in total. The molecule has 20 heavy (non-hydrogen) atoms. The second kappa shape index (κ2) is 6.55. The van der Waals surface area contributed by atoms with E-state index in [0.29, 0.717) is 0 Å². The molecule has 2 rings (SSSR count). The predicted octanol–water partition coefficient (Wildman–Crippen LogP) is 2.11. The van der Waals surface area contributed by atoms with Crippen LogP contribution in [0.4, 0.5) is 5.82 Å². The third-order valence-electron chi connectivity index (χ3n) is 3.68. The van der Waals surface area contributed by atoms with Gasteiger partial charge in [0.25, 0.3) is 0 Å². The predicted molar refractivity (Wildman–Crippen MR) is 85.2 cm³/mol. The smallest absolute Gasteiger partial charge is 0.128 e. The fourth-order valence-electron chi connectivity index (χ4n) is 2.39. The first-order valence-electron chi connectivity index (χ1n) is 7.57. The summed E-state index contributed by atoms with van der Waals surface area (Å²) < 4.78 is 0. The average molecular weight is 276 g/mol. The average Bonchev–Trinajstić information content (AvgIpc) is 2.61. The summed E-state index contributed by atoms with van der Waals surface area (Å²) in [6.07, 6.45) is 3.15. The molecule has 112 valence electrons. The van der Waals surface area contributed by atoms with Crippen molar-refractivity contribution in [3.05, 3.63) is 23.9 Å². The first-order valence-corrected chi connectivity index (χ1v) is 7.57. The van der Waals surface area contributed by atoms with Crippen molar-refractivity contribution < 1.29 is 0 Å². The maximum absolute atomic E-state index is 4.55. The number of aromatic nitrogens is 1. The molecule has 4 heteroatoms. The lowest BCUT2D eigenvalue weighted by molar-refractivity contribution is 0.360. The Hall–Kier alpha value is -1.13. The van der Waals surface area contributed by atoms with Gasteiger partial charge in [-0.05, 0) is 58.5 Å². The minimum atomic E-state index is 0.148. The van der Waals surface area contributed by atoms with Crippen molar-refractivity contribution in [1.82, 2.24) is 15.2 Å². The Labute approximate surface area is 123 Å². The van der Waals surface area contributed by atoms with Gasteiger partial charge in [-0.1, -0.05) is 0 Å². The van der Waals surface area contributed by atoms with Gasteiger partial charge in [0.15, 0.2) is 0 Å². The van der Waals surface area contributed by atoms with Crippen LogP contribution in [-0.4, -0.2) is 48.6 Å². The molecule has 0 spiro atoms. The van der Waals surface area contributed by atoms with Crippen LogP contribution in [0.3, 0.4) is 0 Å². The van der Waals surface area contributed by atoms with Crippen LogP contribution < -0.4 is 10.2 Å². The number of hydrogen-bond donors (Lipinski definition) is 1. The van der Waals surface area contributed by atoms with Crippen molar-refractivity contribution in [3.8, 4) is 0 Å². The highest BCUT2D eigenvalue weighted by Gasteiger charge is 2.14. The number of nitrogens with zero attached hydrogens (tertiary/aromatic N) is 3. The molecule has 0 unspecified atom stereocenters. The third-order valence-corrected chi connectivity index (χ3v) is 3.68. The van der Waals surface area contributed by atoms with Gasteiger partial charge in [0, 0.05) is 37.9 Å². The second-order valence-corrected chi connectivity index (χ2v) is 6.77. The molecule has 1 aromatic rings. The summed E-state index contributed by atoms with van der Waals surface area (Å²) in [4.78, 5) is 9.35. The van der Waals surface area contributed by atoms with E-state index >= 15 is 0 Å². The fourth-order valence-corrected chi connectivity index (χ4v) is 2.39. The van der Waals surface area contributed by atoms with E-state index in [-0.39, 0.29) is 5.54 Å². The summed E-state index contributed by atoms with van der Waals surface area (Å²) in [7, 11) is 2.20. The van der Waals surface area contributed by atoms with E-state index < -0.39 is 0 Å². The molecule has 1 saturated heterocycles. The van der Waals surface area contributed by atoms with Gasteiger partial charge in [-0.2, -0.15) is 0 Å². The molecule has 1 aliphatic rings. The Morgan fingerprint density at radius 1 is 1.20 bits per heavy atom. The van der Waals surface area contributed by atoms with Crippen molar-refractivity contribution in [2.45, 2.75) is 39.3 Å². The maximum atomic E-state index is 4.55. The first-order chi connectivity index (χ1) is 9.44. The zero-order chi connectivity index (χ0) is 14.6. The molecule has 0 amide bonds. The van der Waals surface area contributed by atoms with Gasteiger partial charge in [-0.25, -0.2) is 4.98 Å². The Morgan fingerprint density at radius 2 is 2.00 bits per heavy atom. The van der Waals surface area contributed by atoms with Crippen molar-refractivity contribution in [1.29, 1.82) is 0 Å². The highest BCUT2D eigenvalue weighted by atomic mass is 15.2. The second-order valence-electron chi connectivity index (χ2n) is 6.77. The van der Waals surface area contributed by atoms with E-state index in [0.717, 1.165) is 32.0 Å². The van der Waals surface area contributed by atoms with E-state index in [9.17, 15) is 0 Å². The van der Waals surface area contributed by atoms with Crippen LogP contribution in [0.2, 0.25) is 0 Å². The van der Waals surface area contributed by atoms with E-state index in [1.807, 2.05) is 6.20 Å². The topological polar surface area (TPSA) is 31.4 Å². The molecule has 0 radical (unpaired) electrons. The van der Waals surface area contributed by atoms with E-state index in [2.05, 4.69) is 60.1 Å². The fraction of sp³-hybridized carbons (Fsp3) is 0.688. The van der Waals surface area contributed by atoms with Crippen LogP contribution in [-0.2, 0) is 6.54 Å². The minimum absolute atomic E-state index is 0.148. The monoisotopic (exact) mass is 276 g/mol. The zero-order valence-electron chi connectivity index (χ0n) is 13.3. The van der Waals surface area contributed by atoms with Crippen LogP contribution in [0.5, 0.6) is 0 Å². The quantitative estimate of drug-likeness (QED) is 0.916. The molecule has 0 atom stereocenters. The molecule has 1 aliphatic heterocycles. The molecular weight excluding hydrogens is 248 g/mol. The van der Waals surface area contributed by atoms with Crippen LogP contribution in [0, 0.1) is 0 Å². The Morgan fingerprint density at radius 3 is 2.75 bits per heavy atom. The number of likely N-dealkylation sites (N-methyl/N-ethyl adjacent to an activating group) is 1. The van der Waals surface area contributed by atoms with Crippen LogP contribution >= 0.6 is 0 Å². The Kier molecular flexibility index (Phi) is 5.00. The van der Waals surface area contributed by atoms with E-state index in [4.69, 9.17) is 0 Å². The zero-order valence-corrected chi connectivity index (χ0v) is 13.3. The van der Waals surface area contributed by atoms with Gasteiger partial charge >= 0.3 is 0 Å². The molecule has 1 fully saturated rings. The molecule has 0 saturated carbocycles. The lowest BCUT2D eigenvalue weighted by Gasteiger charge is -2.23. The van der Waals surface area contributed by atoms with Gasteiger partial charge < -0.3 is 15.1 Å². The van der Waals surface area contributed by atoms with Gasteiger partial charge in [0.1, 0.15) is 5.82 Å². The lowest BCUT2D eigenvalue weighted by atomic mass is 10.1. The standard InChI is InChI=1S/C16H28N4/c1-16(2,3)18-13-14-6-7-17-15(12-14)20-9-5-8-19(4)10-11-20/h6-7,12,18H,5,8-11,13H2,1-4H3. The summed E-state index contributed by atoms with van der Waals surface area (Å²) in [5.41, 5.74) is 1.46. The number of anilines is 1. The van der Waals surface area contributed by atoms with Gasteiger partial charge in [0.2, 0.25) is 0 Å². The molecular formula is C16H28N4. The third kappa shape index (κ3) is 4.76. The number of hydrogen-bond acceptors (Lipinski definition) is 4. The van der Waals surface area contributed by atoms with Crippen LogP contribution in [0.1, 0.15) is 32.8 Å². The van der Waals surface area contributed by atoms with Gasteiger partial charge in [0.05, 0.1) is 0 Å². The summed E-state index contributed by atoms with van der Waals surface area (Å²) >= 11 is 0. The summed E-state index contributed by atoms with van der Waals surface area (Å²) in [5, 5.41) is 3.53. The summed E-state index contributed by atoms with van der Waals surface area (Å²) in [6, 6.07) is 4.33. The maximum Gasteiger partial charge on any atom is 0.128 e. The molecule has 0 aliphatic carbocycles. The molecule has 1 aromatic heterocycles. The highest BCUT2D eigenvalue weighted by molar-refractivity contribution is 5.41. The minimum Gasteiger partial charge on any atom is -0.355 e. The number of rotatable bonds is 3. The van der Waals surface area contributed by atoms with Crippen molar-refractivity contribution >= 4 is 5.82 Å². The first kappa shape index (κ1) is 15.3. The number of nitrogens with one attached hydrogen (secondary N) is 1. The Balaban J connectivity index is 2.01. The van der Waals surface area contributed by atoms with E-state index in [1.165, 1.54) is 18.5 Å². The van der Waals surface area contributed by atoms with Crippen LogP contribution in [0.25, 0.3) is 0 Å². The summed E-state index contributed by atoms with van der Waals surface area (Å²) in [5.74, 6) is 1.12. The molecule has 2 heterocycles. The molecule has 0 aromatic carbocycles. The molecule has 4 nitrogen and oxygen atoms in total. The normalized spacial score (nSPS) is 18.1.